The summed E-state index contributed by atoms with van der Waals surface area (Å²) < 4.78 is 16.3. The van der Waals surface area contributed by atoms with Crippen LogP contribution in [0.25, 0.3) is 20.9 Å². The molecule has 768 valence electrons. The van der Waals surface area contributed by atoms with Crippen LogP contribution in [0.2, 0.25) is 0 Å². The molecule has 9 aliphatic heterocycles. The molecule has 2 aromatic heterocycles. The zero-order chi connectivity index (χ0) is 104. The third-order valence-electron chi connectivity index (χ3n) is 27.8. The number of hydrogen-bond acceptors (Lipinski definition) is 23. The monoisotopic (exact) mass is 1990 g/mol. The summed E-state index contributed by atoms with van der Waals surface area (Å²) in [4.78, 5) is 128. The van der Waals surface area contributed by atoms with Crippen molar-refractivity contribution < 1.29 is 67.9 Å². The molecule has 28 nitrogen and oxygen atoms in total. The SMILES string of the molecule is C.CC(C)(C)OC(=O)N1CCC[C@@]1(C)C(=O)O.C[C@@]1(C(=O)O)CCCN1.Cc1cccc(CC(=O)[C@]2(C)CCCN2C(=O)OC(C)(C)C)c1N.Cc1cccc(N)c1N.Cc1cccc2c1CC([C@]1(C)CCCN1)=N2.Cc1cccc2c1CC([C@]1(C)CCCN1C(=O)OC(C)(C)C)=N2.Cc1nc(C(=O)N2CCC[C@@]2(C)C2=Nc3cccc(C)c3C2)c(-c2ccccc2)s1.Cc1nc(C(=O)O)c(-c2ccccc2)s1. The van der Waals surface area contributed by atoms with Crippen LogP contribution in [-0.4, -0.2) is 199 Å². The number of nitrogens with zero attached hydrogens (tertiary/aromatic N) is 9. The first kappa shape index (κ1) is 112. The van der Waals surface area contributed by atoms with Crippen molar-refractivity contribution in [1.82, 2.24) is 40.2 Å². The Labute approximate surface area is 852 Å². The lowest BCUT2D eigenvalue weighted by atomic mass is 9.88. The van der Waals surface area contributed by atoms with Gasteiger partial charge in [-0.1, -0.05) is 135 Å². The average molecular weight is 1990 g/mol. The molecule has 0 aliphatic carbocycles. The number of carboxylic acid groups (broad SMARTS) is 3. The Morgan fingerprint density at radius 3 is 1.20 bits per heavy atom. The number of anilines is 3. The van der Waals surface area contributed by atoms with Crippen molar-refractivity contribution in [2.75, 3.05) is 56.5 Å². The highest BCUT2D eigenvalue weighted by molar-refractivity contribution is 7.15. The van der Waals surface area contributed by atoms with Crippen molar-refractivity contribution in [3.8, 4) is 20.9 Å². The predicted octanol–water partition coefficient (Wildman–Crippen LogP) is 23.1. The molecule has 0 unspecified atom stereocenters. The molecule has 0 bridgehead atoms. The molecule has 30 heteroatoms. The predicted molar refractivity (Wildman–Crippen MR) is 575 cm³/mol. The molecular weight excluding hydrogens is 1840 g/mol. The number of amides is 4. The summed E-state index contributed by atoms with van der Waals surface area (Å²) in [5.41, 5.74) is 34.6. The highest BCUT2D eigenvalue weighted by Gasteiger charge is 2.52. The van der Waals surface area contributed by atoms with E-state index in [1.807, 2.05) is 183 Å². The van der Waals surface area contributed by atoms with Crippen LogP contribution in [0, 0.1) is 48.5 Å². The number of aromatic nitrogens is 2. The number of likely N-dealkylation sites (tertiary alicyclic amines) is 4. The third-order valence-corrected chi connectivity index (χ3v) is 29.9. The second-order valence-corrected chi connectivity index (χ2v) is 44.7. The van der Waals surface area contributed by atoms with Crippen molar-refractivity contribution in [2.24, 2.45) is 15.0 Å². The van der Waals surface area contributed by atoms with Gasteiger partial charge in [-0.05, 0) is 328 Å². The van der Waals surface area contributed by atoms with E-state index < -0.39 is 63.5 Å². The van der Waals surface area contributed by atoms with Crippen LogP contribution in [0.1, 0.15) is 269 Å². The van der Waals surface area contributed by atoms with E-state index in [9.17, 15) is 38.4 Å². The van der Waals surface area contributed by atoms with Gasteiger partial charge in [-0.25, -0.2) is 33.9 Å². The molecule has 18 rings (SSSR count). The molecule has 11 N–H and O–H groups in total. The quantitative estimate of drug-likeness (QED) is 0.0416. The Morgan fingerprint density at radius 1 is 0.406 bits per heavy atom. The summed E-state index contributed by atoms with van der Waals surface area (Å²) in [7, 11) is 0. The van der Waals surface area contributed by atoms with E-state index >= 15 is 0 Å². The molecule has 11 heterocycles. The van der Waals surface area contributed by atoms with Crippen LogP contribution >= 0.6 is 22.7 Å². The smallest absolute Gasteiger partial charge is 0.411 e. The number of para-hydroxylation sites is 2. The maximum Gasteiger partial charge on any atom is 0.411 e. The third kappa shape index (κ3) is 27.1. The van der Waals surface area contributed by atoms with Gasteiger partial charge in [0.2, 0.25) is 0 Å². The molecule has 143 heavy (non-hydrogen) atoms. The lowest BCUT2D eigenvalue weighted by Gasteiger charge is -2.36. The molecule has 9 aliphatic rings. The topological polar surface area (TPSA) is 403 Å². The minimum atomic E-state index is -1.12. The first-order valence-corrected chi connectivity index (χ1v) is 50.8. The zero-order valence-electron chi connectivity index (χ0n) is 86.9. The first-order chi connectivity index (χ1) is 66.6. The number of carbonyl (C=O) groups is 8. The highest BCUT2D eigenvalue weighted by atomic mass is 32.1. The Kier molecular flexibility index (Phi) is 36.5. The number of aliphatic imine (C=N–C) groups is 3. The van der Waals surface area contributed by atoms with Gasteiger partial charge in [0.1, 0.15) is 39.1 Å². The second kappa shape index (κ2) is 46.5. The standard InChI is InChI=1S/C25H25N3OS.C19H28N2O3.C19H26N2O2.C14H18N2.C11H19NO4.C11H9NO2S.C7H10N2.C6H11NO2.CH4/c1-16-9-7-12-20-19(16)15-21(27-20)25(3)13-8-14-28(25)24(29)22-23(30-17(2)26-22)18-10-5-4-6-11-18;1-13-8-6-9-14(16(13)20)12-15(22)19(5)10-7-11-21(19)17(23)24-18(2,3)4;1-13-8-6-9-15-14(13)12-16(20-15)19(5)10-7-11-21(19)17(22)23-18(2,3)4;1-10-5-3-6-12-11(10)9-13(16-12)14(2)7-4-8-15-14;1-10(2,3)16-9(15)12-7-5-6-11(12,4)8(13)14;1-7-12-9(11(13)14)10(15-7)8-5-3-2-4-6-8;1-5-3-2-4-6(8)7(5)9;1-6(5(8)9)3-2-4-7-6;/h4-7,9-12H,8,13-15H2,1-3H3;6,8-9H,7,10-12,20H2,1-5H3;6,8-9H,7,10-12H2,1-5H3;3,5-6,15H,4,7-9H2,1-2H3;5-7H2,1-4H3,(H,13,14);2-6H,1H3,(H,13,14);2-4H,8-9H2,1H3;7H,2-4H2,1H3,(H,8,9);1H4/t25-;2*19-;14-;11-;;;6-;/m00000..0./s1. The first-order valence-electron chi connectivity index (χ1n) is 49.2. The fourth-order valence-corrected chi connectivity index (χ4v) is 21.0. The van der Waals surface area contributed by atoms with Gasteiger partial charge in [-0.2, -0.15) is 0 Å². The maximum atomic E-state index is 13.8. The van der Waals surface area contributed by atoms with Crippen LogP contribution in [-0.2, 0) is 54.3 Å². The number of fused-ring (bicyclic) bond motifs is 3. The zero-order valence-corrected chi connectivity index (χ0v) is 88.5. The average Bonchev–Trinajstić information content (AvgIpc) is 1.59. The van der Waals surface area contributed by atoms with Gasteiger partial charge in [0, 0.05) is 74.7 Å². The molecule has 6 saturated heterocycles. The van der Waals surface area contributed by atoms with Gasteiger partial charge in [0.15, 0.2) is 11.5 Å². The van der Waals surface area contributed by atoms with Crippen molar-refractivity contribution >= 4 is 122 Å². The van der Waals surface area contributed by atoms with Gasteiger partial charge in [0.05, 0.1) is 64.8 Å². The summed E-state index contributed by atoms with van der Waals surface area (Å²) >= 11 is 2.99. The van der Waals surface area contributed by atoms with E-state index in [1.165, 1.54) is 73.9 Å². The van der Waals surface area contributed by atoms with Crippen molar-refractivity contribution in [3.05, 3.63) is 223 Å². The van der Waals surface area contributed by atoms with Crippen LogP contribution in [0.15, 0.2) is 167 Å². The number of carboxylic acids is 3. The number of aryl methyl sites for hydroxylation is 7. The van der Waals surface area contributed by atoms with Crippen LogP contribution < -0.4 is 27.8 Å². The number of thiazole rings is 2. The minimum Gasteiger partial charge on any atom is -0.480 e. The van der Waals surface area contributed by atoms with Gasteiger partial charge in [-0.3, -0.25) is 44.1 Å². The lowest BCUT2D eigenvalue weighted by molar-refractivity contribution is -0.148. The Balaban J connectivity index is 0.000000172. The fourth-order valence-electron chi connectivity index (χ4n) is 19.2. The molecule has 9 aromatic rings. The summed E-state index contributed by atoms with van der Waals surface area (Å²) in [6, 6.07) is 49.8. The highest BCUT2D eigenvalue weighted by Crippen LogP contribution is 2.45. The van der Waals surface area contributed by atoms with Gasteiger partial charge < -0.3 is 62.3 Å². The summed E-state index contributed by atoms with van der Waals surface area (Å²) in [6.45, 7) is 46.7. The van der Waals surface area contributed by atoms with Gasteiger partial charge in [-0.15, -0.1) is 22.7 Å². The lowest BCUT2D eigenvalue weighted by Crippen LogP contribution is -2.52. The Hall–Kier alpha value is -12.5. The van der Waals surface area contributed by atoms with Crippen LogP contribution in [0.5, 0.6) is 0 Å². The number of ether oxygens (including phenoxy) is 3. The number of carbonyl (C=O) groups excluding carboxylic acids is 5. The van der Waals surface area contributed by atoms with E-state index in [0.29, 0.717) is 55.1 Å². The number of nitrogens with one attached hydrogen (secondary N) is 2. The number of rotatable bonds is 12. The number of nitrogen functional groups attached to an aromatic ring is 3. The molecule has 0 radical (unpaired) electrons. The van der Waals surface area contributed by atoms with Gasteiger partial charge >= 0.3 is 36.2 Å². The number of ketones is 1. The molecule has 6 atom stereocenters. The number of aliphatic carboxylic acids is 2. The molecule has 0 saturated carbocycles. The van der Waals surface area contributed by atoms with Gasteiger partial charge in [0.25, 0.3) is 5.91 Å². The van der Waals surface area contributed by atoms with E-state index in [4.69, 9.17) is 61.7 Å². The van der Waals surface area contributed by atoms with Crippen LogP contribution in [0.4, 0.5) is 48.5 Å². The number of Topliss-reactive ketones (excluding diaryl/α,β-unsaturated/α-hetero) is 1. The maximum absolute atomic E-state index is 13.8. The normalized spacial score (nSPS) is 21.5. The Bertz CT molecular complexity index is 6170. The fraction of sp³-hybridized carbons (Fsp3) is 0.478. The summed E-state index contributed by atoms with van der Waals surface area (Å²) in [5.74, 6) is -2.66. The molecule has 4 amide bonds. The molecule has 6 fully saturated rings. The van der Waals surface area contributed by atoms with Crippen molar-refractivity contribution in [1.29, 1.82) is 0 Å². The van der Waals surface area contributed by atoms with E-state index in [0.717, 1.165) is 161 Å². The summed E-state index contributed by atoms with van der Waals surface area (Å²) in [5, 5.41) is 35.0. The summed E-state index contributed by atoms with van der Waals surface area (Å²) in [6.07, 6.45) is 12.4. The largest absolute Gasteiger partial charge is 0.480 e. The number of hydrogen-bond donors (Lipinski definition) is 8. The molecule has 7 aromatic carbocycles. The number of aromatic carboxylic acids is 1. The second-order valence-electron chi connectivity index (χ2n) is 42.3. The van der Waals surface area contributed by atoms with Crippen molar-refractivity contribution in [3.63, 3.8) is 0 Å². The molecule has 0 spiro atoms. The number of nitrogens with two attached hydrogens (primary N) is 3. The number of benzene rings is 7. The molecular formula is C113H150N14O14S2. The van der Waals surface area contributed by atoms with E-state index in [-0.39, 0.29) is 53.9 Å². The minimum absolute atomic E-state index is 0. The Morgan fingerprint density at radius 2 is 0.783 bits per heavy atom. The van der Waals surface area contributed by atoms with Crippen molar-refractivity contribution in [2.45, 2.75) is 313 Å². The van der Waals surface area contributed by atoms with E-state index in [1.54, 1.807) is 56.9 Å². The van der Waals surface area contributed by atoms with Crippen LogP contribution in [0.3, 0.4) is 0 Å². The van der Waals surface area contributed by atoms with E-state index in [2.05, 4.69) is 111 Å².